The fourth-order valence-corrected chi connectivity index (χ4v) is 2.90. The standard InChI is InChI=1S/C15H19NO5/c1-15(2)6-3-7-16(12(15)14(20)21)13(19)9-4-5-10(17)11(18)8-9/h4-5,8,12,17-18H,3,6-7H2,1-2H3,(H,20,21). The Bertz CT molecular complexity index is 581. The smallest absolute Gasteiger partial charge is 0.326 e. The van der Waals surface area contributed by atoms with Gasteiger partial charge < -0.3 is 20.2 Å². The van der Waals surface area contributed by atoms with E-state index in [0.717, 1.165) is 18.9 Å². The summed E-state index contributed by atoms with van der Waals surface area (Å²) < 4.78 is 0. The van der Waals surface area contributed by atoms with Gasteiger partial charge in [-0.25, -0.2) is 4.79 Å². The van der Waals surface area contributed by atoms with E-state index in [1.807, 2.05) is 13.8 Å². The minimum Gasteiger partial charge on any atom is -0.504 e. The molecule has 3 N–H and O–H groups in total. The molecule has 1 fully saturated rings. The molecule has 2 rings (SSSR count). The maximum absolute atomic E-state index is 12.5. The van der Waals surface area contributed by atoms with Crippen LogP contribution in [0.4, 0.5) is 0 Å². The van der Waals surface area contributed by atoms with Gasteiger partial charge in [-0.3, -0.25) is 4.79 Å². The molecule has 1 aromatic rings. The molecule has 21 heavy (non-hydrogen) atoms. The lowest BCUT2D eigenvalue weighted by atomic mass is 9.76. The van der Waals surface area contributed by atoms with Crippen molar-refractivity contribution in [3.05, 3.63) is 23.8 Å². The van der Waals surface area contributed by atoms with Gasteiger partial charge in [0.05, 0.1) is 0 Å². The molecule has 1 amide bonds. The van der Waals surface area contributed by atoms with Crippen LogP contribution in [0.15, 0.2) is 18.2 Å². The highest BCUT2D eigenvalue weighted by Gasteiger charge is 2.44. The van der Waals surface area contributed by atoms with E-state index in [-0.39, 0.29) is 11.3 Å². The number of hydrogen-bond acceptors (Lipinski definition) is 4. The Kier molecular flexibility index (Phi) is 3.80. The Hall–Kier alpha value is -2.24. The van der Waals surface area contributed by atoms with Gasteiger partial charge in [-0.2, -0.15) is 0 Å². The monoisotopic (exact) mass is 293 g/mol. The van der Waals surface area contributed by atoms with Crippen molar-refractivity contribution in [3.63, 3.8) is 0 Å². The summed E-state index contributed by atoms with van der Waals surface area (Å²) in [4.78, 5) is 25.4. The Labute approximate surface area is 122 Å². The molecule has 0 saturated carbocycles. The van der Waals surface area contributed by atoms with Crippen molar-refractivity contribution in [2.75, 3.05) is 6.54 Å². The van der Waals surface area contributed by atoms with E-state index in [4.69, 9.17) is 0 Å². The molecule has 0 aromatic heterocycles. The van der Waals surface area contributed by atoms with Gasteiger partial charge in [0.2, 0.25) is 0 Å². The highest BCUT2D eigenvalue weighted by Crippen LogP contribution is 2.36. The Morgan fingerprint density at radius 2 is 1.90 bits per heavy atom. The first-order valence-corrected chi connectivity index (χ1v) is 6.80. The highest BCUT2D eigenvalue weighted by molar-refractivity contribution is 5.97. The van der Waals surface area contributed by atoms with E-state index in [9.17, 15) is 24.9 Å². The topological polar surface area (TPSA) is 98.1 Å². The van der Waals surface area contributed by atoms with E-state index >= 15 is 0 Å². The molecule has 1 atom stereocenters. The SMILES string of the molecule is CC1(C)CCCN(C(=O)c2ccc(O)c(O)c2)C1C(=O)O. The third-order valence-electron chi connectivity index (χ3n) is 3.99. The van der Waals surface area contributed by atoms with Crippen LogP contribution in [0.5, 0.6) is 11.5 Å². The van der Waals surface area contributed by atoms with Gasteiger partial charge in [0.15, 0.2) is 11.5 Å². The molecule has 0 aliphatic carbocycles. The van der Waals surface area contributed by atoms with Crippen molar-refractivity contribution in [3.8, 4) is 11.5 Å². The van der Waals surface area contributed by atoms with Gasteiger partial charge in [-0.05, 0) is 36.5 Å². The largest absolute Gasteiger partial charge is 0.504 e. The molecule has 0 bridgehead atoms. The van der Waals surface area contributed by atoms with Crippen LogP contribution in [-0.2, 0) is 4.79 Å². The predicted molar refractivity (Wildman–Crippen MR) is 75.2 cm³/mol. The lowest BCUT2D eigenvalue weighted by Crippen LogP contribution is -2.56. The first kappa shape index (κ1) is 15.2. The van der Waals surface area contributed by atoms with Crippen molar-refractivity contribution in [1.82, 2.24) is 4.90 Å². The molecule has 1 aromatic carbocycles. The van der Waals surface area contributed by atoms with Crippen molar-refractivity contribution >= 4 is 11.9 Å². The zero-order valence-electron chi connectivity index (χ0n) is 12.0. The second-order valence-corrected chi connectivity index (χ2v) is 6.03. The van der Waals surface area contributed by atoms with Crippen LogP contribution in [0.3, 0.4) is 0 Å². The first-order chi connectivity index (χ1) is 9.74. The van der Waals surface area contributed by atoms with Gasteiger partial charge >= 0.3 is 5.97 Å². The quantitative estimate of drug-likeness (QED) is 0.722. The fourth-order valence-electron chi connectivity index (χ4n) is 2.90. The van der Waals surface area contributed by atoms with Crippen molar-refractivity contribution in [2.45, 2.75) is 32.7 Å². The van der Waals surface area contributed by atoms with Crippen LogP contribution >= 0.6 is 0 Å². The van der Waals surface area contributed by atoms with Crippen molar-refractivity contribution in [2.24, 2.45) is 5.41 Å². The van der Waals surface area contributed by atoms with Crippen LogP contribution < -0.4 is 0 Å². The maximum Gasteiger partial charge on any atom is 0.326 e. The summed E-state index contributed by atoms with van der Waals surface area (Å²) in [6.07, 6.45) is 1.46. The number of likely N-dealkylation sites (tertiary alicyclic amines) is 1. The number of aromatic hydroxyl groups is 2. The molecule has 1 saturated heterocycles. The summed E-state index contributed by atoms with van der Waals surface area (Å²) >= 11 is 0. The average molecular weight is 293 g/mol. The minimum atomic E-state index is -1.03. The summed E-state index contributed by atoms with van der Waals surface area (Å²) in [5, 5.41) is 28.2. The zero-order chi connectivity index (χ0) is 15.8. The second-order valence-electron chi connectivity index (χ2n) is 6.03. The molecule has 0 radical (unpaired) electrons. The number of phenols is 2. The molecular formula is C15H19NO5. The summed E-state index contributed by atoms with van der Waals surface area (Å²) in [6.45, 7) is 4.03. The second kappa shape index (κ2) is 5.27. The Balaban J connectivity index is 2.35. The maximum atomic E-state index is 12.5. The number of nitrogens with zero attached hydrogens (tertiary/aromatic N) is 1. The number of hydrogen-bond donors (Lipinski definition) is 3. The molecule has 6 heteroatoms. The predicted octanol–water partition coefficient (Wildman–Crippen LogP) is 1.81. The summed E-state index contributed by atoms with van der Waals surface area (Å²) in [7, 11) is 0. The van der Waals surface area contributed by atoms with Crippen LogP contribution in [0.25, 0.3) is 0 Å². The number of carbonyl (C=O) groups excluding carboxylic acids is 1. The number of carboxylic acids is 1. The van der Waals surface area contributed by atoms with Gasteiger partial charge in [0, 0.05) is 12.1 Å². The molecule has 1 heterocycles. The number of piperidine rings is 1. The van der Waals surface area contributed by atoms with E-state index in [1.54, 1.807) is 0 Å². The van der Waals surface area contributed by atoms with E-state index < -0.39 is 29.1 Å². The zero-order valence-corrected chi connectivity index (χ0v) is 12.0. The number of benzene rings is 1. The van der Waals surface area contributed by atoms with Gasteiger partial charge in [-0.15, -0.1) is 0 Å². The fraction of sp³-hybridized carbons (Fsp3) is 0.467. The Morgan fingerprint density at radius 1 is 1.24 bits per heavy atom. The molecule has 6 nitrogen and oxygen atoms in total. The van der Waals surface area contributed by atoms with Crippen LogP contribution in [0, 0.1) is 5.41 Å². The lowest BCUT2D eigenvalue weighted by molar-refractivity contribution is -0.148. The number of amides is 1. The van der Waals surface area contributed by atoms with E-state index in [2.05, 4.69) is 0 Å². The number of aliphatic carboxylic acids is 1. The van der Waals surface area contributed by atoms with Crippen LogP contribution in [0.1, 0.15) is 37.0 Å². The Morgan fingerprint density at radius 3 is 2.48 bits per heavy atom. The summed E-state index contributed by atoms with van der Waals surface area (Å²) in [6, 6.07) is 2.83. The van der Waals surface area contributed by atoms with Crippen molar-refractivity contribution in [1.29, 1.82) is 0 Å². The summed E-state index contributed by atoms with van der Waals surface area (Å²) in [5.74, 6) is -2.20. The summed E-state index contributed by atoms with van der Waals surface area (Å²) in [5.41, 5.74) is -0.354. The molecule has 1 aliphatic rings. The average Bonchev–Trinajstić information content (AvgIpc) is 2.39. The number of carboxylic acid groups (broad SMARTS) is 1. The molecule has 114 valence electrons. The van der Waals surface area contributed by atoms with Crippen LogP contribution in [-0.4, -0.2) is 44.7 Å². The lowest BCUT2D eigenvalue weighted by Gasteiger charge is -2.44. The van der Waals surface area contributed by atoms with Crippen LogP contribution in [0.2, 0.25) is 0 Å². The van der Waals surface area contributed by atoms with Gasteiger partial charge in [0.1, 0.15) is 6.04 Å². The first-order valence-electron chi connectivity index (χ1n) is 6.80. The number of rotatable bonds is 2. The molecular weight excluding hydrogens is 274 g/mol. The highest BCUT2D eigenvalue weighted by atomic mass is 16.4. The van der Waals surface area contributed by atoms with Gasteiger partial charge in [0.25, 0.3) is 5.91 Å². The van der Waals surface area contributed by atoms with Gasteiger partial charge in [-0.1, -0.05) is 13.8 Å². The number of phenolic OH excluding ortho intramolecular Hbond substituents is 2. The normalized spacial score (nSPS) is 21.0. The van der Waals surface area contributed by atoms with Crippen molar-refractivity contribution < 1.29 is 24.9 Å². The third-order valence-corrected chi connectivity index (χ3v) is 3.99. The minimum absolute atomic E-state index is 0.161. The molecule has 0 spiro atoms. The molecule has 1 unspecified atom stereocenters. The van der Waals surface area contributed by atoms with E-state index in [1.165, 1.54) is 17.0 Å². The molecule has 1 aliphatic heterocycles. The van der Waals surface area contributed by atoms with E-state index in [0.29, 0.717) is 6.54 Å². The number of carbonyl (C=O) groups is 2. The third kappa shape index (κ3) is 2.79.